The summed E-state index contributed by atoms with van der Waals surface area (Å²) in [5, 5.41) is 4.50. The van der Waals surface area contributed by atoms with Gasteiger partial charge in [0.1, 0.15) is 0 Å². The lowest BCUT2D eigenvalue weighted by Gasteiger charge is -2.04. The quantitative estimate of drug-likeness (QED) is 0.686. The molecule has 4 heteroatoms. The Morgan fingerprint density at radius 1 is 1.69 bits per heavy atom. The van der Waals surface area contributed by atoms with Crippen LogP contribution in [-0.4, -0.2) is 37.2 Å². The van der Waals surface area contributed by atoms with Gasteiger partial charge in [0.15, 0.2) is 5.17 Å². The van der Waals surface area contributed by atoms with E-state index < -0.39 is 0 Å². The minimum Gasteiger partial charge on any atom is -0.385 e. The normalized spacial score (nSPS) is 25.1. The van der Waals surface area contributed by atoms with Crippen molar-refractivity contribution in [3.63, 3.8) is 0 Å². The van der Waals surface area contributed by atoms with Crippen LogP contribution in [0.25, 0.3) is 0 Å². The summed E-state index contributed by atoms with van der Waals surface area (Å²) in [6, 6.07) is 0.631. The van der Waals surface area contributed by atoms with Gasteiger partial charge in [-0.25, -0.2) is 0 Å². The van der Waals surface area contributed by atoms with Gasteiger partial charge in [0.25, 0.3) is 0 Å². The van der Waals surface area contributed by atoms with Gasteiger partial charge in [-0.15, -0.1) is 0 Å². The highest BCUT2D eigenvalue weighted by molar-refractivity contribution is 8.14. The molecule has 0 amide bonds. The number of nitrogens with zero attached hydrogens (tertiary/aromatic N) is 1. The molecule has 0 aliphatic carbocycles. The predicted octanol–water partition coefficient (Wildman–Crippen LogP) is 1.49. The van der Waals surface area contributed by atoms with Crippen molar-refractivity contribution in [1.82, 2.24) is 5.32 Å². The molecule has 13 heavy (non-hydrogen) atoms. The molecule has 0 aromatic carbocycles. The summed E-state index contributed by atoms with van der Waals surface area (Å²) in [4.78, 5) is 4.45. The van der Waals surface area contributed by atoms with Crippen LogP contribution in [0.3, 0.4) is 0 Å². The second-order valence-corrected chi connectivity index (χ2v) is 4.10. The lowest BCUT2D eigenvalue weighted by atomic mass is 10.3. The smallest absolute Gasteiger partial charge is 0.156 e. The molecular weight excluding hydrogens is 184 g/mol. The molecule has 3 nitrogen and oxygen atoms in total. The van der Waals surface area contributed by atoms with E-state index in [-0.39, 0.29) is 0 Å². The molecule has 1 aliphatic heterocycles. The van der Waals surface area contributed by atoms with Crippen LogP contribution in [0, 0.1) is 0 Å². The first-order valence-electron chi connectivity index (χ1n) is 4.79. The van der Waals surface area contributed by atoms with E-state index in [4.69, 9.17) is 4.74 Å². The molecule has 0 radical (unpaired) electrons. The Morgan fingerprint density at radius 2 is 2.54 bits per heavy atom. The molecule has 1 rings (SSSR count). The maximum Gasteiger partial charge on any atom is 0.156 e. The van der Waals surface area contributed by atoms with Crippen molar-refractivity contribution in [1.29, 1.82) is 0 Å². The summed E-state index contributed by atoms with van der Waals surface area (Å²) in [7, 11) is 1.73. The second-order valence-electron chi connectivity index (χ2n) is 3.09. The maximum atomic E-state index is 4.95. The predicted molar refractivity (Wildman–Crippen MR) is 58.5 cm³/mol. The molecule has 1 aliphatic rings. The summed E-state index contributed by atoms with van der Waals surface area (Å²) in [6.45, 7) is 3.88. The monoisotopic (exact) mass is 202 g/mol. The van der Waals surface area contributed by atoms with Crippen molar-refractivity contribution in [2.45, 2.75) is 25.8 Å². The number of methoxy groups -OCH3 is 1. The van der Waals surface area contributed by atoms with Gasteiger partial charge in [0.2, 0.25) is 0 Å². The molecule has 0 bridgehead atoms. The zero-order valence-corrected chi connectivity index (χ0v) is 9.19. The number of aliphatic imine (C=N–C) groups is 1. The number of amidine groups is 1. The summed E-state index contributed by atoms with van der Waals surface area (Å²) < 4.78 is 4.95. The average molecular weight is 202 g/mol. The van der Waals surface area contributed by atoms with Gasteiger partial charge in [-0.3, -0.25) is 4.99 Å². The third-order valence-corrected chi connectivity index (χ3v) is 3.09. The summed E-state index contributed by atoms with van der Waals surface area (Å²) >= 11 is 1.83. The van der Waals surface area contributed by atoms with Crippen LogP contribution in [0.15, 0.2) is 4.99 Å². The maximum absolute atomic E-state index is 4.95. The van der Waals surface area contributed by atoms with E-state index in [0.29, 0.717) is 6.04 Å². The summed E-state index contributed by atoms with van der Waals surface area (Å²) in [5.74, 6) is 1.17. The van der Waals surface area contributed by atoms with Crippen LogP contribution in [0.2, 0.25) is 0 Å². The first-order chi connectivity index (χ1) is 6.36. The van der Waals surface area contributed by atoms with Gasteiger partial charge >= 0.3 is 0 Å². The van der Waals surface area contributed by atoms with Gasteiger partial charge < -0.3 is 10.1 Å². The van der Waals surface area contributed by atoms with Gasteiger partial charge in [-0.2, -0.15) is 0 Å². The van der Waals surface area contributed by atoms with Gasteiger partial charge in [-0.1, -0.05) is 18.7 Å². The average Bonchev–Trinajstić information content (AvgIpc) is 2.60. The van der Waals surface area contributed by atoms with Crippen LogP contribution >= 0.6 is 11.8 Å². The van der Waals surface area contributed by atoms with Gasteiger partial charge in [0, 0.05) is 32.1 Å². The molecule has 1 atom stereocenters. The third-order valence-electron chi connectivity index (χ3n) is 2.00. The molecule has 0 saturated carbocycles. The van der Waals surface area contributed by atoms with E-state index in [1.54, 1.807) is 7.11 Å². The standard InChI is InChI=1S/C9H18N2OS/c1-3-8-7-13-9(11-8)10-5-4-6-12-2/h8H,3-7H2,1-2H3,(H,10,11). The molecule has 1 saturated heterocycles. The topological polar surface area (TPSA) is 33.6 Å². The molecule has 0 aromatic heterocycles. The molecular formula is C9H18N2OS. The Bertz CT molecular complexity index is 173. The van der Waals surface area contributed by atoms with Crippen molar-refractivity contribution in [3.05, 3.63) is 0 Å². The van der Waals surface area contributed by atoms with Crippen LogP contribution < -0.4 is 5.32 Å². The fourth-order valence-electron chi connectivity index (χ4n) is 1.14. The fourth-order valence-corrected chi connectivity index (χ4v) is 2.25. The van der Waals surface area contributed by atoms with E-state index in [9.17, 15) is 0 Å². The first-order valence-corrected chi connectivity index (χ1v) is 5.78. The fraction of sp³-hybridized carbons (Fsp3) is 0.889. The Labute approximate surface area is 84.3 Å². The van der Waals surface area contributed by atoms with Crippen molar-refractivity contribution < 1.29 is 4.74 Å². The number of ether oxygens (including phenoxy) is 1. The number of rotatable bonds is 5. The van der Waals surface area contributed by atoms with E-state index in [2.05, 4.69) is 17.2 Å². The summed E-state index contributed by atoms with van der Waals surface area (Å²) in [6.07, 6.45) is 2.20. The van der Waals surface area contributed by atoms with Crippen molar-refractivity contribution in [2.75, 3.05) is 26.0 Å². The zero-order chi connectivity index (χ0) is 9.52. The van der Waals surface area contributed by atoms with Crippen LogP contribution in [0.1, 0.15) is 19.8 Å². The molecule has 1 unspecified atom stereocenters. The number of hydrogen-bond donors (Lipinski definition) is 1. The Hall–Kier alpha value is -0.220. The SMILES string of the molecule is CCC1CSC(=NCCCOC)N1. The highest BCUT2D eigenvalue weighted by atomic mass is 32.2. The summed E-state index contributed by atoms with van der Waals surface area (Å²) in [5.41, 5.74) is 0. The third kappa shape index (κ3) is 4.00. The van der Waals surface area contributed by atoms with Crippen LogP contribution in [-0.2, 0) is 4.74 Å². The number of nitrogens with one attached hydrogen (secondary N) is 1. The molecule has 1 N–H and O–H groups in total. The lowest BCUT2D eigenvalue weighted by Crippen LogP contribution is -2.25. The molecule has 1 fully saturated rings. The minimum atomic E-state index is 0.631. The Kier molecular flexibility index (Phi) is 5.23. The van der Waals surface area contributed by atoms with Crippen molar-refractivity contribution in [3.8, 4) is 0 Å². The highest BCUT2D eigenvalue weighted by Gasteiger charge is 2.17. The number of hydrogen-bond acceptors (Lipinski definition) is 3. The largest absolute Gasteiger partial charge is 0.385 e. The van der Waals surface area contributed by atoms with E-state index in [0.717, 1.165) is 24.7 Å². The zero-order valence-electron chi connectivity index (χ0n) is 8.38. The molecule has 1 heterocycles. The molecule has 76 valence electrons. The van der Waals surface area contributed by atoms with E-state index in [1.165, 1.54) is 12.2 Å². The molecule has 0 aromatic rings. The van der Waals surface area contributed by atoms with Crippen LogP contribution in [0.5, 0.6) is 0 Å². The first kappa shape index (κ1) is 10.9. The highest BCUT2D eigenvalue weighted by Crippen LogP contribution is 2.15. The lowest BCUT2D eigenvalue weighted by molar-refractivity contribution is 0.197. The Morgan fingerprint density at radius 3 is 3.15 bits per heavy atom. The van der Waals surface area contributed by atoms with E-state index in [1.807, 2.05) is 11.8 Å². The minimum absolute atomic E-state index is 0.631. The van der Waals surface area contributed by atoms with Crippen molar-refractivity contribution >= 4 is 16.9 Å². The molecule has 0 spiro atoms. The Balaban J connectivity index is 2.13. The number of thioether (sulfide) groups is 1. The second kappa shape index (κ2) is 6.27. The van der Waals surface area contributed by atoms with E-state index >= 15 is 0 Å². The van der Waals surface area contributed by atoms with Crippen LogP contribution in [0.4, 0.5) is 0 Å². The van der Waals surface area contributed by atoms with Crippen molar-refractivity contribution in [2.24, 2.45) is 4.99 Å². The van der Waals surface area contributed by atoms with Gasteiger partial charge in [-0.05, 0) is 12.8 Å². The van der Waals surface area contributed by atoms with Gasteiger partial charge in [0.05, 0.1) is 0 Å².